The molecule has 0 bridgehead atoms. The van der Waals surface area contributed by atoms with Gasteiger partial charge in [0.25, 0.3) is 11.7 Å². The summed E-state index contributed by atoms with van der Waals surface area (Å²) < 4.78 is 16.8. The van der Waals surface area contributed by atoms with Crippen LogP contribution in [0.1, 0.15) is 24.5 Å². The third-order valence-corrected chi connectivity index (χ3v) is 6.57. The molecule has 0 aromatic heterocycles. The van der Waals surface area contributed by atoms with Gasteiger partial charge in [0.2, 0.25) is 0 Å². The fourth-order valence-electron chi connectivity index (χ4n) is 4.81. The molecule has 3 aliphatic rings. The number of rotatable bonds is 7. The van der Waals surface area contributed by atoms with Gasteiger partial charge in [0.15, 0.2) is 0 Å². The van der Waals surface area contributed by atoms with Crippen molar-refractivity contribution in [2.75, 3.05) is 41.4 Å². The molecule has 0 saturated carbocycles. The SMILES string of the molecule is COC1=CC=C(C2/C(=C(/O)c3ccc4c(c3)CC(C)O4)C(=O)C(=O)N2CCN(C)C)CC1OC. The number of methoxy groups -OCH3 is 2. The monoisotopic (exact) mass is 468 g/mol. The van der Waals surface area contributed by atoms with Crippen LogP contribution < -0.4 is 4.74 Å². The van der Waals surface area contributed by atoms with E-state index in [9.17, 15) is 14.7 Å². The lowest BCUT2D eigenvalue weighted by molar-refractivity contribution is -0.139. The molecule has 0 spiro atoms. The van der Waals surface area contributed by atoms with E-state index >= 15 is 0 Å². The maximum atomic E-state index is 13.2. The minimum absolute atomic E-state index is 0.0594. The highest BCUT2D eigenvalue weighted by Gasteiger charge is 2.47. The van der Waals surface area contributed by atoms with Gasteiger partial charge in [-0.3, -0.25) is 9.59 Å². The Bertz CT molecular complexity index is 1090. The Morgan fingerprint density at radius 2 is 1.97 bits per heavy atom. The van der Waals surface area contributed by atoms with Crippen LogP contribution in [0.5, 0.6) is 5.75 Å². The van der Waals surface area contributed by atoms with Gasteiger partial charge in [0.1, 0.15) is 29.5 Å². The van der Waals surface area contributed by atoms with Crippen LogP contribution in [0.2, 0.25) is 0 Å². The number of ether oxygens (including phenoxy) is 3. The number of ketones is 1. The Kier molecular flexibility index (Phi) is 6.81. The lowest BCUT2D eigenvalue weighted by Crippen LogP contribution is -2.41. The molecule has 1 saturated heterocycles. The molecule has 4 rings (SSSR count). The van der Waals surface area contributed by atoms with E-state index in [-0.39, 0.29) is 23.5 Å². The van der Waals surface area contributed by atoms with Gasteiger partial charge in [-0.2, -0.15) is 0 Å². The van der Waals surface area contributed by atoms with Gasteiger partial charge in [0, 0.05) is 38.6 Å². The van der Waals surface area contributed by atoms with E-state index in [1.165, 1.54) is 0 Å². The van der Waals surface area contributed by atoms with E-state index in [1.54, 1.807) is 37.3 Å². The quantitative estimate of drug-likeness (QED) is 0.374. The van der Waals surface area contributed by atoms with Crippen LogP contribution in [0, 0.1) is 0 Å². The first-order chi connectivity index (χ1) is 16.2. The van der Waals surface area contributed by atoms with Gasteiger partial charge in [-0.25, -0.2) is 0 Å². The highest BCUT2D eigenvalue weighted by Crippen LogP contribution is 2.38. The first kappa shape index (κ1) is 24.0. The molecule has 34 heavy (non-hydrogen) atoms. The Morgan fingerprint density at radius 3 is 2.65 bits per heavy atom. The summed E-state index contributed by atoms with van der Waals surface area (Å²) in [6.45, 7) is 2.92. The van der Waals surface area contributed by atoms with Crippen molar-refractivity contribution in [3.63, 3.8) is 0 Å². The van der Waals surface area contributed by atoms with Gasteiger partial charge in [-0.05, 0) is 56.4 Å². The van der Waals surface area contributed by atoms with Gasteiger partial charge in [-0.1, -0.05) is 6.08 Å². The predicted octanol–water partition coefficient (Wildman–Crippen LogP) is 2.50. The van der Waals surface area contributed by atoms with Gasteiger partial charge in [0.05, 0.1) is 18.7 Å². The standard InChI is InChI=1S/C26H32N2O6/c1-15-12-18-13-17(7-8-19(18)34-15)24(29)22-23(16-6-9-20(32-4)21(14-16)33-5)28(11-10-27(2)3)26(31)25(22)30/h6-9,13,15,21,23,29H,10-12,14H2,1-5H3/b24-22-. The molecule has 3 unspecified atom stereocenters. The maximum Gasteiger partial charge on any atom is 0.295 e. The summed E-state index contributed by atoms with van der Waals surface area (Å²) in [4.78, 5) is 29.9. The van der Waals surface area contributed by atoms with Gasteiger partial charge in [-0.15, -0.1) is 0 Å². The predicted molar refractivity (Wildman–Crippen MR) is 127 cm³/mol. The second kappa shape index (κ2) is 9.64. The Morgan fingerprint density at radius 1 is 1.21 bits per heavy atom. The zero-order valence-electron chi connectivity index (χ0n) is 20.3. The number of hydrogen-bond acceptors (Lipinski definition) is 7. The number of aliphatic hydroxyl groups is 1. The van der Waals surface area contributed by atoms with E-state index < -0.39 is 17.7 Å². The van der Waals surface area contributed by atoms with Crippen LogP contribution in [0.3, 0.4) is 0 Å². The number of benzene rings is 1. The summed E-state index contributed by atoms with van der Waals surface area (Å²) in [5.41, 5.74) is 2.38. The molecule has 1 aliphatic carbocycles. The van der Waals surface area contributed by atoms with Gasteiger partial charge >= 0.3 is 0 Å². The van der Waals surface area contributed by atoms with E-state index in [2.05, 4.69) is 0 Å². The van der Waals surface area contributed by atoms with E-state index in [4.69, 9.17) is 14.2 Å². The van der Waals surface area contributed by atoms with Crippen LogP contribution in [0.15, 0.2) is 47.3 Å². The number of fused-ring (bicyclic) bond motifs is 1. The number of aliphatic hydroxyl groups excluding tert-OH is 1. The lowest BCUT2D eigenvalue weighted by Gasteiger charge is -2.31. The number of hydrogen-bond donors (Lipinski definition) is 1. The molecule has 8 nitrogen and oxygen atoms in total. The maximum absolute atomic E-state index is 13.2. The lowest BCUT2D eigenvalue weighted by atomic mass is 9.88. The zero-order chi connectivity index (χ0) is 24.6. The van der Waals surface area contributed by atoms with Crippen molar-refractivity contribution in [1.82, 2.24) is 9.80 Å². The number of likely N-dealkylation sites (tertiary alicyclic amines) is 1. The summed E-state index contributed by atoms with van der Waals surface area (Å²) >= 11 is 0. The second-order valence-electron chi connectivity index (χ2n) is 9.19. The van der Waals surface area contributed by atoms with Crippen molar-refractivity contribution >= 4 is 17.4 Å². The fourth-order valence-corrected chi connectivity index (χ4v) is 4.81. The van der Waals surface area contributed by atoms with Crippen LogP contribution in [-0.2, 0) is 25.5 Å². The minimum Gasteiger partial charge on any atom is -0.507 e. The number of nitrogens with zero attached hydrogens (tertiary/aromatic N) is 2. The number of carbonyl (C=O) groups is 2. The number of allylic oxidation sites excluding steroid dienone is 2. The smallest absolute Gasteiger partial charge is 0.295 e. The molecule has 1 aromatic carbocycles. The van der Waals surface area contributed by atoms with Crippen molar-refractivity contribution in [1.29, 1.82) is 0 Å². The van der Waals surface area contributed by atoms with Crippen molar-refractivity contribution in [3.05, 3.63) is 58.4 Å². The van der Waals surface area contributed by atoms with Crippen molar-refractivity contribution in [2.45, 2.75) is 38.0 Å². The number of amides is 1. The van der Waals surface area contributed by atoms with E-state index in [0.717, 1.165) is 23.3 Å². The van der Waals surface area contributed by atoms with E-state index in [0.29, 0.717) is 30.8 Å². The summed E-state index contributed by atoms with van der Waals surface area (Å²) in [7, 11) is 7.00. The first-order valence-corrected chi connectivity index (χ1v) is 11.5. The number of likely N-dealkylation sites (N-methyl/N-ethyl adjacent to an activating group) is 1. The topological polar surface area (TPSA) is 88.5 Å². The molecular formula is C26H32N2O6. The number of Topliss-reactive ketones (excluding diaryl/α,β-unsaturated/α-hetero) is 1. The van der Waals surface area contributed by atoms with Crippen LogP contribution in [0.25, 0.3) is 5.76 Å². The molecule has 2 aliphatic heterocycles. The highest BCUT2D eigenvalue weighted by molar-refractivity contribution is 6.47. The summed E-state index contributed by atoms with van der Waals surface area (Å²) in [6.07, 6.45) is 4.54. The fraction of sp³-hybridized carbons (Fsp3) is 0.462. The van der Waals surface area contributed by atoms with Crippen LogP contribution in [-0.4, -0.2) is 86.3 Å². The molecule has 3 atom stereocenters. The van der Waals surface area contributed by atoms with Crippen molar-refractivity contribution in [3.8, 4) is 5.75 Å². The molecule has 2 heterocycles. The third kappa shape index (κ3) is 4.35. The van der Waals surface area contributed by atoms with Crippen LogP contribution >= 0.6 is 0 Å². The van der Waals surface area contributed by atoms with Crippen LogP contribution in [0.4, 0.5) is 0 Å². The molecule has 8 heteroatoms. The third-order valence-electron chi connectivity index (χ3n) is 6.57. The molecule has 1 amide bonds. The van der Waals surface area contributed by atoms with Crippen molar-refractivity contribution in [2.24, 2.45) is 0 Å². The molecular weight excluding hydrogens is 436 g/mol. The molecule has 1 fully saturated rings. The summed E-state index contributed by atoms with van der Waals surface area (Å²) in [5, 5.41) is 11.4. The Labute approximate surface area is 200 Å². The molecule has 1 aromatic rings. The van der Waals surface area contributed by atoms with Crippen molar-refractivity contribution < 1.29 is 28.9 Å². The summed E-state index contributed by atoms with van der Waals surface area (Å²) in [6, 6.07) is 4.69. The zero-order valence-corrected chi connectivity index (χ0v) is 20.3. The minimum atomic E-state index is -0.685. The van der Waals surface area contributed by atoms with E-state index in [1.807, 2.05) is 38.1 Å². The largest absolute Gasteiger partial charge is 0.507 e. The molecule has 0 radical (unpaired) electrons. The molecule has 1 N–H and O–H groups in total. The number of carbonyl (C=O) groups excluding carboxylic acids is 2. The second-order valence-corrected chi connectivity index (χ2v) is 9.19. The summed E-state index contributed by atoms with van der Waals surface area (Å²) in [5.74, 6) is -0.00785. The first-order valence-electron chi connectivity index (χ1n) is 11.5. The highest BCUT2D eigenvalue weighted by atomic mass is 16.5. The van der Waals surface area contributed by atoms with Gasteiger partial charge < -0.3 is 29.1 Å². The molecule has 182 valence electrons. The Balaban J connectivity index is 1.80. The Hall–Kier alpha value is -3.10. The normalized spacial score (nSPS) is 25.8. The average Bonchev–Trinajstić information content (AvgIpc) is 3.32. The average molecular weight is 469 g/mol.